The molecule has 0 spiro atoms. The number of likely N-dealkylation sites (tertiary alicyclic amines) is 1. The third-order valence-corrected chi connectivity index (χ3v) is 6.20. The highest BCUT2D eigenvalue weighted by molar-refractivity contribution is 8.01. The number of rotatable bonds is 6. The number of piperidine rings is 1. The first-order valence-corrected chi connectivity index (χ1v) is 9.97. The summed E-state index contributed by atoms with van der Waals surface area (Å²) in [6.45, 7) is 4.85. The van der Waals surface area contributed by atoms with E-state index in [4.69, 9.17) is 4.42 Å². The van der Waals surface area contributed by atoms with E-state index in [1.165, 1.54) is 29.5 Å². The van der Waals surface area contributed by atoms with Crippen molar-refractivity contribution >= 4 is 34.1 Å². The average Bonchev–Trinajstić information content (AvgIpc) is 3.22. The first-order valence-electron chi connectivity index (χ1n) is 8.17. The van der Waals surface area contributed by atoms with Gasteiger partial charge in [0.1, 0.15) is 5.76 Å². The van der Waals surface area contributed by atoms with Gasteiger partial charge in [0.05, 0.1) is 18.6 Å². The fourth-order valence-electron chi connectivity index (χ4n) is 3.03. The van der Waals surface area contributed by atoms with Crippen LogP contribution in [-0.2, 0) is 11.3 Å². The first-order chi connectivity index (χ1) is 11.6. The highest BCUT2D eigenvalue weighted by Crippen LogP contribution is 2.28. The predicted octanol–water partition coefficient (Wildman–Crippen LogP) is 3.62. The maximum absolute atomic E-state index is 12.5. The number of carbonyl (C=O) groups is 1. The Morgan fingerprint density at radius 3 is 2.92 bits per heavy atom. The lowest BCUT2D eigenvalue weighted by atomic mass is 9.98. The molecule has 1 aliphatic rings. The average molecular weight is 367 g/mol. The summed E-state index contributed by atoms with van der Waals surface area (Å²) in [5, 5.41) is 12.2. The zero-order chi connectivity index (χ0) is 16.9. The lowest BCUT2D eigenvalue weighted by Gasteiger charge is -2.39. The minimum atomic E-state index is 0.194. The molecule has 130 valence electrons. The predicted molar refractivity (Wildman–Crippen MR) is 96.3 cm³/mol. The molecule has 1 fully saturated rings. The molecule has 0 unspecified atom stereocenters. The van der Waals surface area contributed by atoms with E-state index in [1.54, 1.807) is 6.26 Å². The van der Waals surface area contributed by atoms with Gasteiger partial charge in [-0.15, -0.1) is 10.2 Å². The Morgan fingerprint density at radius 1 is 1.42 bits per heavy atom. The second-order valence-electron chi connectivity index (χ2n) is 6.02. The van der Waals surface area contributed by atoms with Crippen molar-refractivity contribution in [1.29, 1.82) is 0 Å². The smallest absolute Gasteiger partial charge is 0.233 e. The van der Waals surface area contributed by atoms with Crippen LogP contribution < -0.4 is 5.32 Å². The van der Waals surface area contributed by atoms with E-state index in [2.05, 4.69) is 29.4 Å². The quantitative estimate of drug-likeness (QED) is 0.787. The topological polar surface area (TPSA) is 71.3 Å². The zero-order valence-corrected chi connectivity index (χ0v) is 15.5. The van der Waals surface area contributed by atoms with Gasteiger partial charge in [-0.25, -0.2) is 0 Å². The van der Waals surface area contributed by atoms with Crippen LogP contribution in [0.15, 0.2) is 27.2 Å². The molecule has 0 aliphatic carbocycles. The lowest BCUT2D eigenvalue weighted by Crippen LogP contribution is -2.48. The van der Waals surface area contributed by atoms with E-state index in [9.17, 15) is 4.79 Å². The monoisotopic (exact) mass is 366 g/mol. The summed E-state index contributed by atoms with van der Waals surface area (Å²) < 4.78 is 6.07. The molecule has 24 heavy (non-hydrogen) atoms. The molecule has 3 rings (SSSR count). The van der Waals surface area contributed by atoms with Crippen molar-refractivity contribution in [2.24, 2.45) is 0 Å². The third kappa shape index (κ3) is 4.30. The third-order valence-electron chi connectivity index (χ3n) is 4.20. The number of hydrogen-bond acceptors (Lipinski definition) is 7. The molecule has 6 nitrogen and oxygen atoms in total. The first kappa shape index (κ1) is 17.3. The van der Waals surface area contributed by atoms with Gasteiger partial charge in [0.2, 0.25) is 11.0 Å². The SMILES string of the molecule is C[C@@H]1CCC[C@H](C)N1C(=O)CSc1nnc(NCc2ccco2)s1. The van der Waals surface area contributed by atoms with Crippen LogP contribution in [0, 0.1) is 0 Å². The molecule has 8 heteroatoms. The minimum absolute atomic E-state index is 0.194. The van der Waals surface area contributed by atoms with E-state index in [0.717, 1.165) is 28.1 Å². The van der Waals surface area contributed by atoms with Crippen LogP contribution >= 0.6 is 23.1 Å². The van der Waals surface area contributed by atoms with Crippen LogP contribution in [0.5, 0.6) is 0 Å². The summed E-state index contributed by atoms with van der Waals surface area (Å²) in [5.41, 5.74) is 0. The van der Waals surface area contributed by atoms with Gasteiger partial charge >= 0.3 is 0 Å². The van der Waals surface area contributed by atoms with E-state index in [1.807, 2.05) is 17.0 Å². The lowest BCUT2D eigenvalue weighted by molar-refractivity contribution is -0.134. The van der Waals surface area contributed by atoms with Crippen LogP contribution in [0.4, 0.5) is 5.13 Å². The molecular formula is C16H22N4O2S2. The molecule has 0 aromatic carbocycles. The van der Waals surface area contributed by atoms with Crippen LogP contribution in [-0.4, -0.2) is 38.8 Å². The van der Waals surface area contributed by atoms with Gasteiger partial charge in [0, 0.05) is 12.1 Å². The number of anilines is 1. The fraction of sp³-hybridized carbons (Fsp3) is 0.562. The number of hydrogen-bond donors (Lipinski definition) is 1. The van der Waals surface area contributed by atoms with Gasteiger partial charge in [-0.05, 0) is 45.2 Å². The maximum Gasteiger partial charge on any atom is 0.233 e. The van der Waals surface area contributed by atoms with Crippen LogP contribution in [0.2, 0.25) is 0 Å². The second kappa shape index (κ2) is 8.02. The second-order valence-corrected chi connectivity index (χ2v) is 8.22. The van der Waals surface area contributed by atoms with Gasteiger partial charge in [-0.3, -0.25) is 4.79 Å². The molecule has 0 bridgehead atoms. The molecule has 2 aromatic rings. The Hall–Kier alpha value is -1.54. The molecule has 1 saturated heterocycles. The Kier molecular flexibility index (Phi) is 5.78. The van der Waals surface area contributed by atoms with Crippen molar-refractivity contribution in [2.75, 3.05) is 11.1 Å². The highest BCUT2D eigenvalue weighted by atomic mass is 32.2. The van der Waals surface area contributed by atoms with Crippen molar-refractivity contribution in [1.82, 2.24) is 15.1 Å². The van der Waals surface area contributed by atoms with E-state index in [0.29, 0.717) is 24.4 Å². The fourth-order valence-corrected chi connectivity index (χ4v) is 4.64. The van der Waals surface area contributed by atoms with E-state index >= 15 is 0 Å². The number of aromatic nitrogens is 2. The van der Waals surface area contributed by atoms with Crippen LogP contribution in [0.1, 0.15) is 38.9 Å². The van der Waals surface area contributed by atoms with Gasteiger partial charge in [0.15, 0.2) is 4.34 Å². The number of nitrogens with zero attached hydrogens (tertiary/aromatic N) is 3. The Labute approximate surface area is 150 Å². The van der Waals surface area contributed by atoms with Gasteiger partial charge < -0.3 is 14.6 Å². The van der Waals surface area contributed by atoms with Crippen molar-refractivity contribution in [3.8, 4) is 0 Å². The van der Waals surface area contributed by atoms with Crippen LogP contribution in [0.3, 0.4) is 0 Å². The number of carbonyl (C=O) groups excluding carboxylic acids is 1. The molecule has 1 N–H and O–H groups in total. The summed E-state index contributed by atoms with van der Waals surface area (Å²) in [6, 6.07) is 4.43. The van der Waals surface area contributed by atoms with Crippen LogP contribution in [0.25, 0.3) is 0 Å². The van der Waals surface area contributed by atoms with Gasteiger partial charge in [-0.2, -0.15) is 0 Å². The van der Waals surface area contributed by atoms with Crippen molar-refractivity contribution in [2.45, 2.75) is 56.1 Å². The largest absolute Gasteiger partial charge is 0.467 e. The normalized spacial score (nSPS) is 21.0. The minimum Gasteiger partial charge on any atom is -0.467 e. The standard InChI is InChI=1S/C16H22N4O2S2/c1-11-5-3-6-12(2)20(11)14(21)10-23-16-19-18-15(24-16)17-9-13-7-4-8-22-13/h4,7-8,11-12H,3,5-6,9-10H2,1-2H3,(H,17,18)/t11-,12+. The van der Waals surface area contributed by atoms with Crippen molar-refractivity contribution in [3.63, 3.8) is 0 Å². The molecule has 0 radical (unpaired) electrons. The molecular weight excluding hydrogens is 344 g/mol. The van der Waals surface area contributed by atoms with Gasteiger partial charge in [-0.1, -0.05) is 23.1 Å². The highest BCUT2D eigenvalue weighted by Gasteiger charge is 2.28. The van der Waals surface area contributed by atoms with Crippen molar-refractivity contribution in [3.05, 3.63) is 24.2 Å². The number of furan rings is 1. The molecule has 1 amide bonds. The number of amides is 1. The Morgan fingerprint density at radius 2 is 2.21 bits per heavy atom. The number of nitrogens with one attached hydrogen (secondary N) is 1. The number of thioether (sulfide) groups is 1. The Bertz CT molecular complexity index is 649. The summed E-state index contributed by atoms with van der Waals surface area (Å²) in [7, 11) is 0. The van der Waals surface area contributed by atoms with Crippen molar-refractivity contribution < 1.29 is 9.21 Å². The summed E-state index contributed by atoms with van der Waals surface area (Å²) in [4.78, 5) is 14.5. The van der Waals surface area contributed by atoms with E-state index in [-0.39, 0.29) is 5.91 Å². The molecule has 2 aromatic heterocycles. The molecule has 2 atom stereocenters. The zero-order valence-electron chi connectivity index (χ0n) is 13.9. The summed E-state index contributed by atoms with van der Waals surface area (Å²) in [6.07, 6.45) is 5.05. The summed E-state index contributed by atoms with van der Waals surface area (Å²) in [5.74, 6) is 1.46. The molecule has 1 aliphatic heterocycles. The summed E-state index contributed by atoms with van der Waals surface area (Å²) >= 11 is 2.92. The maximum atomic E-state index is 12.5. The van der Waals surface area contributed by atoms with E-state index < -0.39 is 0 Å². The molecule has 3 heterocycles. The molecule has 0 saturated carbocycles. The van der Waals surface area contributed by atoms with Gasteiger partial charge in [0.25, 0.3) is 0 Å². The Balaban J connectivity index is 1.48.